The zero-order chi connectivity index (χ0) is 16.3. The van der Waals surface area contributed by atoms with E-state index >= 15 is 0 Å². The van der Waals surface area contributed by atoms with Crippen LogP contribution in [0.4, 0.5) is 5.69 Å². The van der Waals surface area contributed by atoms with E-state index < -0.39 is 22.3 Å². The summed E-state index contributed by atoms with van der Waals surface area (Å²) >= 11 is 0. The number of hydrogen-bond acceptors (Lipinski definition) is 4. The zero-order valence-electron chi connectivity index (χ0n) is 12.3. The van der Waals surface area contributed by atoms with Gasteiger partial charge >= 0.3 is 5.97 Å². The molecular weight excluding hydrogens is 288 g/mol. The van der Waals surface area contributed by atoms with Crippen LogP contribution in [-0.2, 0) is 4.79 Å². The summed E-state index contributed by atoms with van der Waals surface area (Å²) < 4.78 is 0. The minimum absolute atomic E-state index is 0.119. The first-order valence-electron chi connectivity index (χ1n) is 7.12. The Morgan fingerprint density at radius 1 is 1.36 bits per heavy atom. The lowest BCUT2D eigenvalue weighted by Crippen LogP contribution is -2.47. The largest absolute Gasteiger partial charge is 0.481 e. The molecule has 1 aliphatic carbocycles. The molecule has 0 bridgehead atoms. The minimum atomic E-state index is -0.961. The summed E-state index contributed by atoms with van der Waals surface area (Å²) in [7, 11) is 0. The van der Waals surface area contributed by atoms with E-state index in [-0.39, 0.29) is 17.7 Å². The van der Waals surface area contributed by atoms with E-state index in [4.69, 9.17) is 5.11 Å². The van der Waals surface area contributed by atoms with Gasteiger partial charge < -0.3 is 10.4 Å². The fourth-order valence-electron chi connectivity index (χ4n) is 2.95. The Kier molecular flexibility index (Phi) is 4.44. The number of carboxylic acids is 1. The second-order valence-corrected chi connectivity index (χ2v) is 5.77. The van der Waals surface area contributed by atoms with E-state index in [1.807, 2.05) is 0 Å². The second kappa shape index (κ2) is 6.13. The third-order valence-corrected chi connectivity index (χ3v) is 4.10. The van der Waals surface area contributed by atoms with Crippen LogP contribution in [0.3, 0.4) is 0 Å². The number of benzene rings is 1. The van der Waals surface area contributed by atoms with Gasteiger partial charge in [-0.3, -0.25) is 19.7 Å². The number of aryl methyl sites for hydroxylation is 1. The van der Waals surface area contributed by atoms with Crippen LogP contribution in [0.5, 0.6) is 0 Å². The lowest BCUT2D eigenvalue weighted by molar-refractivity contribution is -0.385. The molecular formula is C15H18N2O5. The molecule has 0 spiro atoms. The molecule has 1 aromatic rings. The van der Waals surface area contributed by atoms with Gasteiger partial charge in [0.25, 0.3) is 11.6 Å². The summed E-state index contributed by atoms with van der Waals surface area (Å²) in [5.74, 6) is -1.43. The summed E-state index contributed by atoms with van der Waals surface area (Å²) in [6, 6.07) is 4.26. The van der Waals surface area contributed by atoms with Gasteiger partial charge in [-0.2, -0.15) is 0 Å². The molecule has 7 nitrogen and oxygen atoms in total. The maximum atomic E-state index is 12.3. The predicted molar refractivity (Wildman–Crippen MR) is 78.8 cm³/mol. The molecule has 0 unspecified atom stereocenters. The number of carbonyl (C=O) groups is 2. The second-order valence-electron chi connectivity index (χ2n) is 5.77. The maximum absolute atomic E-state index is 12.3. The van der Waals surface area contributed by atoms with Crippen LogP contribution in [0.2, 0.25) is 0 Å². The summed E-state index contributed by atoms with van der Waals surface area (Å²) in [5.41, 5.74) is -0.217. The number of nitrogens with one attached hydrogen (secondary N) is 1. The maximum Gasteiger partial charge on any atom is 0.305 e. The van der Waals surface area contributed by atoms with Crippen LogP contribution < -0.4 is 5.32 Å². The molecule has 118 valence electrons. The first-order valence-corrected chi connectivity index (χ1v) is 7.12. The van der Waals surface area contributed by atoms with Gasteiger partial charge in [-0.15, -0.1) is 0 Å². The molecule has 1 aromatic carbocycles. The Balaban J connectivity index is 2.22. The van der Waals surface area contributed by atoms with Crippen LogP contribution in [-0.4, -0.2) is 27.4 Å². The third-order valence-electron chi connectivity index (χ3n) is 4.10. The molecule has 1 fully saturated rings. The van der Waals surface area contributed by atoms with E-state index in [1.165, 1.54) is 18.2 Å². The molecule has 7 heteroatoms. The van der Waals surface area contributed by atoms with Crippen molar-refractivity contribution in [1.82, 2.24) is 5.32 Å². The molecule has 1 saturated carbocycles. The molecule has 2 N–H and O–H groups in total. The quantitative estimate of drug-likeness (QED) is 0.641. The number of nitro benzene ring substituents is 1. The third kappa shape index (κ3) is 3.41. The van der Waals surface area contributed by atoms with Crippen molar-refractivity contribution in [3.05, 3.63) is 39.4 Å². The van der Waals surface area contributed by atoms with Crippen LogP contribution in [0.1, 0.15) is 48.0 Å². The van der Waals surface area contributed by atoms with Crippen molar-refractivity contribution in [3.63, 3.8) is 0 Å². The van der Waals surface area contributed by atoms with E-state index in [0.29, 0.717) is 18.4 Å². The molecule has 22 heavy (non-hydrogen) atoms. The van der Waals surface area contributed by atoms with E-state index in [1.54, 1.807) is 6.92 Å². The molecule has 0 radical (unpaired) electrons. The van der Waals surface area contributed by atoms with Gasteiger partial charge in [0.2, 0.25) is 0 Å². The monoisotopic (exact) mass is 306 g/mol. The molecule has 0 atom stereocenters. The van der Waals surface area contributed by atoms with Gasteiger partial charge in [-0.05, 0) is 25.8 Å². The van der Waals surface area contributed by atoms with Gasteiger partial charge in [0.15, 0.2) is 0 Å². The van der Waals surface area contributed by atoms with Crippen LogP contribution >= 0.6 is 0 Å². The Hall–Kier alpha value is -2.44. The molecule has 1 amide bonds. The van der Waals surface area contributed by atoms with Crippen molar-refractivity contribution in [1.29, 1.82) is 0 Å². The molecule has 0 heterocycles. The number of aliphatic carboxylic acids is 1. The molecule has 0 aliphatic heterocycles. The van der Waals surface area contributed by atoms with Gasteiger partial charge in [0, 0.05) is 17.2 Å². The van der Waals surface area contributed by atoms with Crippen LogP contribution in [0.15, 0.2) is 18.2 Å². The van der Waals surface area contributed by atoms with Crippen LogP contribution in [0.25, 0.3) is 0 Å². The number of nitro groups is 1. The van der Waals surface area contributed by atoms with Crippen molar-refractivity contribution in [2.45, 2.75) is 44.6 Å². The topological polar surface area (TPSA) is 110 Å². The lowest BCUT2D eigenvalue weighted by Gasteiger charge is -2.28. The Morgan fingerprint density at radius 2 is 2.00 bits per heavy atom. The predicted octanol–water partition coefficient (Wildman–Crippen LogP) is 2.42. The van der Waals surface area contributed by atoms with Gasteiger partial charge in [-0.25, -0.2) is 0 Å². The normalized spacial score (nSPS) is 16.2. The minimum Gasteiger partial charge on any atom is -0.481 e. The summed E-state index contributed by atoms with van der Waals surface area (Å²) in [4.78, 5) is 33.8. The number of amides is 1. The van der Waals surface area contributed by atoms with Crippen molar-refractivity contribution < 1.29 is 19.6 Å². The molecule has 0 saturated heterocycles. The number of nitrogens with zero attached hydrogens (tertiary/aromatic N) is 1. The highest BCUT2D eigenvalue weighted by molar-refractivity contribution is 5.95. The average molecular weight is 306 g/mol. The summed E-state index contributed by atoms with van der Waals surface area (Å²) in [6.07, 6.45) is 2.81. The Labute approximate surface area is 127 Å². The first-order chi connectivity index (χ1) is 10.3. The number of rotatable bonds is 5. The standard InChI is InChI=1S/C15H18N2O5/c1-10-4-5-11(8-12(10)17(21)22)14(20)16-15(9-13(18)19)6-2-3-7-15/h4-5,8H,2-3,6-7,9H2,1H3,(H,16,20)(H,18,19). The number of carboxylic acid groups (broad SMARTS) is 1. The van der Waals surface area contributed by atoms with Gasteiger partial charge in [-0.1, -0.05) is 18.9 Å². The highest BCUT2D eigenvalue weighted by Crippen LogP contribution is 2.33. The Bertz CT molecular complexity index is 620. The zero-order valence-corrected chi connectivity index (χ0v) is 12.3. The highest BCUT2D eigenvalue weighted by Gasteiger charge is 2.37. The molecule has 1 aliphatic rings. The highest BCUT2D eigenvalue weighted by atomic mass is 16.6. The Morgan fingerprint density at radius 3 is 2.55 bits per heavy atom. The van der Waals surface area contributed by atoms with Crippen molar-refractivity contribution in [3.8, 4) is 0 Å². The van der Waals surface area contributed by atoms with Gasteiger partial charge in [0.05, 0.1) is 16.9 Å². The van der Waals surface area contributed by atoms with Crippen molar-refractivity contribution in [2.75, 3.05) is 0 Å². The molecule has 0 aromatic heterocycles. The number of carbonyl (C=O) groups excluding carboxylic acids is 1. The fourth-order valence-corrected chi connectivity index (χ4v) is 2.95. The average Bonchev–Trinajstić information content (AvgIpc) is 2.85. The van der Waals surface area contributed by atoms with Crippen molar-refractivity contribution in [2.24, 2.45) is 0 Å². The van der Waals surface area contributed by atoms with Crippen LogP contribution in [0, 0.1) is 17.0 Å². The van der Waals surface area contributed by atoms with E-state index in [2.05, 4.69) is 5.32 Å². The van der Waals surface area contributed by atoms with E-state index in [0.717, 1.165) is 12.8 Å². The smallest absolute Gasteiger partial charge is 0.305 e. The summed E-state index contributed by atoms with van der Waals surface area (Å²) in [6.45, 7) is 1.60. The van der Waals surface area contributed by atoms with Gasteiger partial charge in [0.1, 0.15) is 0 Å². The molecule has 2 rings (SSSR count). The fraction of sp³-hybridized carbons (Fsp3) is 0.467. The lowest BCUT2D eigenvalue weighted by atomic mass is 9.92. The first kappa shape index (κ1) is 15.9. The van der Waals surface area contributed by atoms with E-state index in [9.17, 15) is 19.7 Å². The summed E-state index contributed by atoms with van der Waals surface area (Å²) in [5, 5.41) is 22.8. The SMILES string of the molecule is Cc1ccc(C(=O)NC2(CC(=O)O)CCCC2)cc1[N+](=O)[O-]. The van der Waals surface area contributed by atoms with Crippen molar-refractivity contribution >= 4 is 17.6 Å². The number of hydrogen-bond donors (Lipinski definition) is 2.